The first-order chi connectivity index (χ1) is 11.0. The predicted octanol–water partition coefficient (Wildman–Crippen LogP) is 3.16. The molecule has 23 heavy (non-hydrogen) atoms. The Bertz CT molecular complexity index is 832. The Hall–Kier alpha value is -2.56. The van der Waals surface area contributed by atoms with Crippen LogP contribution in [0, 0.1) is 13.8 Å². The van der Waals surface area contributed by atoms with Crippen LogP contribution in [0.25, 0.3) is 10.9 Å². The summed E-state index contributed by atoms with van der Waals surface area (Å²) < 4.78 is 7.51. The molecule has 5 heteroatoms. The Morgan fingerprint density at radius 3 is 2.96 bits per heavy atom. The SMILES string of the molecule is Cc1ccc2[nH]cc(CC(=O)OC(C)Cn3ccnc3C)c2c1. The zero-order valence-corrected chi connectivity index (χ0v) is 13.7. The largest absolute Gasteiger partial charge is 0.461 e. The third-order valence-electron chi connectivity index (χ3n) is 3.97. The topological polar surface area (TPSA) is 59.9 Å². The van der Waals surface area contributed by atoms with Crippen LogP contribution in [0.2, 0.25) is 0 Å². The maximum atomic E-state index is 12.2. The molecule has 0 aliphatic carbocycles. The number of carbonyl (C=O) groups is 1. The summed E-state index contributed by atoms with van der Waals surface area (Å²) in [6, 6.07) is 6.17. The minimum Gasteiger partial charge on any atom is -0.461 e. The molecule has 5 nitrogen and oxygen atoms in total. The number of aromatic amines is 1. The first-order valence-electron chi connectivity index (χ1n) is 7.77. The number of nitrogens with zero attached hydrogens (tertiary/aromatic N) is 2. The maximum absolute atomic E-state index is 12.2. The van der Waals surface area contributed by atoms with E-state index < -0.39 is 0 Å². The molecule has 1 atom stereocenters. The van der Waals surface area contributed by atoms with Crippen molar-refractivity contribution in [2.75, 3.05) is 0 Å². The lowest BCUT2D eigenvalue weighted by Gasteiger charge is -2.14. The van der Waals surface area contributed by atoms with Gasteiger partial charge in [-0.2, -0.15) is 0 Å². The number of benzene rings is 1. The first kappa shape index (κ1) is 15.3. The normalized spacial score (nSPS) is 12.5. The van der Waals surface area contributed by atoms with E-state index in [0.717, 1.165) is 22.3 Å². The number of hydrogen-bond acceptors (Lipinski definition) is 3. The smallest absolute Gasteiger partial charge is 0.310 e. The van der Waals surface area contributed by atoms with Gasteiger partial charge < -0.3 is 14.3 Å². The van der Waals surface area contributed by atoms with E-state index in [2.05, 4.69) is 22.1 Å². The average molecular weight is 311 g/mol. The van der Waals surface area contributed by atoms with E-state index in [0.29, 0.717) is 6.54 Å². The van der Waals surface area contributed by atoms with Crippen LogP contribution in [0.15, 0.2) is 36.8 Å². The van der Waals surface area contributed by atoms with Crippen molar-refractivity contribution in [1.29, 1.82) is 0 Å². The van der Waals surface area contributed by atoms with Gasteiger partial charge in [-0.15, -0.1) is 0 Å². The number of fused-ring (bicyclic) bond motifs is 1. The monoisotopic (exact) mass is 311 g/mol. The molecule has 0 aliphatic heterocycles. The Balaban J connectivity index is 1.64. The lowest BCUT2D eigenvalue weighted by Crippen LogP contribution is -2.22. The van der Waals surface area contributed by atoms with Crippen LogP contribution in [0.1, 0.15) is 23.9 Å². The molecule has 1 aromatic carbocycles. The second-order valence-corrected chi connectivity index (χ2v) is 5.97. The molecular formula is C18H21N3O2. The summed E-state index contributed by atoms with van der Waals surface area (Å²) >= 11 is 0. The zero-order valence-electron chi connectivity index (χ0n) is 13.7. The number of ether oxygens (including phenoxy) is 1. The third kappa shape index (κ3) is 3.44. The van der Waals surface area contributed by atoms with Crippen molar-refractivity contribution in [1.82, 2.24) is 14.5 Å². The highest BCUT2D eigenvalue weighted by Gasteiger charge is 2.14. The zero-order chi connectivity index (χ0) is 16.4. The van der Waals surface area contributed by atoms with Gasteiger partial charge in [-0.05, 0) is 38.5 Å². The Morgan fingerprint density at radius 2 is 2.22 bits per heavy atom. The molecule has 120 valence electrons. The van der Waals surface area contributed by atoms with Gasteiger partial charge in [-0.25, -0.2) is 4.98 Å². The molecule has 3 rings (SSSR count). The molecule has 0 aliphatic rings. The standard InChI is InChI=1S/C18H21N3O2/c1-12-4-5-17-16(8-12)15(10-20-17)9-18(22)23-13(2)11-21-7-6-19-14(21)3/h4-8,10,13,20H,9,11H2,1-3H3. The molecule has 1 unspecified atom stereocenters. The van der Waals surface area contributed by atoms with Gasteiger partial charge in [0.15, 0.2) is 0 Å². The molecule has 0 bridgehead atoms. The predicted molar refractivity (Wildman–Crippen MR) is 89.3 cm³/mol. The second kappa shape index (κ2) is 6.28. The van der Waals surface area contributed by atoms with E-state index >= 15 is 0 Å². The number of aryl methyl sites for hydroxylation is 2. The summed E-state index contributed by atoms with van der Waals surface area (Å²) in [5.74, 6) is 0.706. The third-order valence-corrected chi connectivity index (χ3v) is 3.97. The van der Waals surface area contributed by atoms with Crippen molar-refractivity contribution in [2.24, 2.45) is 0 Å². The lowest BCUT2D eigenvalue weighted by molar-refractivity contribution is -0.147. The van der Waals surface area contributed by atoms with Gasteiger partial charge in [-0.3, -0.25) is 4.79 Å². The molecule has 2 heterocycles. The first-order valence-corrected chi connectivity index (χ1v) is 7.77. The van der Waals surface area contributed by atoms with Gasteiger partial charge in [-0.1, -0.05) is 11.6 Å². The van der Waals surface area contributed by atoms with Crippen molar-refractivity contribution in [2.45, 2.75) is 39.8 Å². The molecular weight excluding hydrogens is 290 g/mol. The van der Waals surface area contributed by atoms with Crippen LogP contribution in [0.4, 0.5) is 0 Å². The van der Waals surface area contributed by atoms with Crippen LogP contribution in [0.3, 0.4) is 0 Å². The molecule has 0 amide bonds. The van der Waals surface area contributed by atoms with Gasteiger partial charge in [0.2, 0.25) is 0 Å². The Kier molecular flexibility index (Phi) is 4.19. The minimum atomic E-state index is -0.210. The molecule has 0 fully saturated rings. The van der Waals surface area contributed by atoms with Crippen molar-refractivity contribution < 1.29 is 9.53 Å². The number of aromatic nitrogens is 3. The summed E-state index contributed by atoms with van der Waals surface area (Å²) in [5.41, 5.74) is 3.19. The van der Waals surface area contributed by atoms with Crippen molar-refractivity contribution in [3.8, 4) is 0 Å². The number of rotatable bonds is 5. The average Bonchev–Trinajstić information content (AvgIpc) is 3.06. The number of carbonyl (C=O) groups excluding carboxylic acids is 1. The Labute approximate surface area is 135 Å². The fraction of sp³-hybridized carbons (Fsp3) is 0.333. The van der Waals surface area contributed by atoms with E-state index in [1.54, 1.807) is 6.20 Å². The number of hydrogen-bond donors (Lipinski definition) is 1. The summed E-state index contributed by atoms with van der Waals surface area (Å²) in [7, 11) is 0. The summed E-state index contributed by atoms with van der Waals surface area (Å²) in [6.07, 6.45) is 5.61. The van der Waals surface area contributed by atoms with Crippen LogP contribution >= 0.6 is 0 Å². The molecule has 0 spiro atoms. The highest BCUT2D eigenvalue weighted by atomic mass is 16.5. The summed E-state index contributed by atoms with van der Waals surface area (Å²) in [6.45, 7) is 6.49. The Morgan fingerprint density at radius 1 is 1.39 bits per heavy atom. The number of esters is 1. The number of imidazole rings is 1. The molecule has 3 aromatic rings. The van der Waals surface area contributed by atoms with Gasteiger partial charge in [0.1, 0.15) is 11.9 Å². The van der Waals surface area contributed by atoms with Crippen molar-refractivity contribution in [3.63, 3.8) is 0 Å². The summed E-state index contributed by atoms with van der Waals surface area (Å²) in [5, 5.41) is 1.08. The van der Waals surface area contributed by atoms with Crippen molar-refractivity contribution >= 4 is 16.9 Å². The lowest BCUT2D eigenvalue weighted by atomic mass is 10.1. The van der Waals surface area contributed by atoms with Crippen LogP contribution < -0.4 is 0 Å². The van der Waals surface area contributed by atoms with E-state index in [9.17, 15) is 4.79 Å². The van der Waals surface area contributed by atoms with Gasteiger partial charge >= 0.3 is 5.97 Å². The summed E-state index contributed by atoms with van der Waals surface area (Å²) in [4.78, 5) is 19.6. The molecule has 0 radical (unpaired) electrons. The maximum Gasteiger partial charge on any atom is 0.310 e. The highest BCUT2D eigenvalue weighted by molar-refractivity contribution is 5.87. The van der Waals surface area contributed by atoms with Gasteiger partial charge in [0.05, 0.1) is 13.0 Å². The van der Waals surface area contributed by atoms with Crippen LogP contribution in [-0.4, -0.2) is 26.6 Å². The van der Waals surface area contributed by atoms with Crippen molar-refractivity contribution in [3.05, 3.63) is 53.7 Å². The van der Waals surface area contributed by atoms with E-state index in [1.807, 2.05) is 43.8 Å². The quantitative estimate of drug-likeness (QED) is 0.736. The number of H-pyrrole nitrogens is 1. The van der Waals surface area contributed by atoms with Crippen LogP contribution in [-0.2, 0) is 22.5 Å². The van der Waals surface area contributed by atoms with Gasteiger partial charge in [0.25, 0.3) is 0 Å². The molecule has 0 saturated carbocycles. The molecule has 0 saturated heterocycles. The fourth-order valence-corrected chi connectivity index (χ4v) is 2.77. The van der Waals surface area contributed by atoms with E-state index in [4.69, 9.17) is 4.74 Å². The molecule has 2 aromatic heterocycles. The van der Waals surface area contributed by atoms with Crippen LogP contribution in [0.5, 0.6) is 0 Å². The van der Waals surface area contributed by atoms with E-state index in [-0.39, 0.29) is 18.5 Å². The van der Waals surface area contributed by atoms with E-state index in [1.165, 1.54) is 5.56 Å². The van der Waals surface area contributed by atoms with Gasteiger partial charge in [0, 0.05) is 29.5 Å². The minimum absolute atomic E-state index is 0.192. The number of nitrogens with one attached hydrogen (secondary N) is 1. The molecule has 1 N–H and O–H groups in total. The highest BCUT2D eigenvalue weighted by Crippen LogP contribution is 2.20. The fourth-order valence-electron chi connectivity index (χ4n) is 2.77. The second-order valence-electron chi connectivity index (χ2n) is 5.97.